The number of hydrogen-bond donors (Lipinski definition) is 3. The molecule has 1 atom stereocenters. The monoisotopic (exact) mass is 319 g/mol. The van der Waals surface area contributed by atoms with Crippen molar-refractivity contribution in [3.05, 3.63) is 66.2 Å². The zero-order valence-electron chi connectivity index (χ0n) is 10.5. The van der Waals surface area contributed by atoms with Crippen LogP contribution in [0.15, 0.2) is 66.2 Å². The summed E-state index contributed by atoms with van der Waals surface area (Å²) in [5, 5.41) is 26.4. The van der Waals surface area contributed by atoms with E-state index in [4.69, 9.17) is 10.2 Å². The molecular weight excluding hydrogens is 304 g/mol. The van der Waals surface area contributed by atoms with E-state index >= 15 is 0 Å². The molecule has 6 heteroatoms. The minimum absolute atomic E-state index is 0. The fraction of sp³-hybridized carbons (Fsp3) is 0.143. The smallest absolute Gasteiger partial charge is 0.345 e. The summed E-state index contributed by atoms with van der Waals surface area (Å²) in [7, 11) is 0. The van der Waals surface area contributed by atoms with E-state index in [2.05, 4.69) is 4.74 Å². The minimum atomic E-state index is -1.63. The van der Waals surface area contributed by atoms with Gasteiger partial charge in [0.25, 0.3) is 5.95 Å². The summed E-state index contributed by atoms with van der Waals surface area (Å²) < 4.78 is 4.37. The third-order valence-electron chi connectivity index (χ3n) is 2.11. The van der Waals surface area contributed by atoms with Crippen LogP contribution in [0.2, 0.25) is 0 Å². The van der Waals surface area contributed by atoms with Gasteiger partial charge in [0, 0.05) is 17.1 Å². The molecule has 0 spiro atoms. The SMILES string of the molecule is O=C(OC(O)=C1C=CC=C1)C(O)CO.[Fe].c1cc[cH-]c1. The number of rotatable bonds is 3. The number of carbonyl (C=O) groups is 1. The number of esters is 1. The molecule has 2 rings (SSSR count). The second kappa shape index (κ2) is 10.1. The average molecular weight is 319 g/mol. The molecule has 0 heterocycles. The number of carbonyl (C=O) groups excluding carboxylic acids is 1. The van der Waals surface area contributed by atoms with Crippen LogP contribution in [-0.4, -0.2) is 34.0 Å². The Morgan fingerprint density at radius 1 is 1.25 bits per heavy atom. The predicted octanol–water partition coefficient (Wildman–Crippen LogP) is 1.18. The molecule has 0 amide bonds. The van der Waals surface area contributed by atoms with Gasteiger partial charge in [-0.05, 0) is 12.2 Å². The van der Waals surface area contributed by atoms with Crippen molar-refractivity contribution >= 4 is 5.97 Å². The number of ether oxygens (including phenoxy) is 1. The van der Waals surface area contributed by atoms with E-state index < -0.39 is 24.6 Å². The molecule has 3 N–H and O–H groups in total. The van der Waals surface area contributed by atoms with Gasteiger partial charge in [0.05, 0.1) is 12.2 Å². The Balaban J connectivity index is 0.000000507. The number of hydrogen-bond acceptors (Lipinski definition) is 5. The largest absolute Gasteiger partial charge is 0.480 e. The Morgan fingerprint density at radius 3 is 2.20 bits per heavy atom. The van der Waals surface area contributed by atoms with Crippen molar-refractivity contribution < 1.29 is 41.9 Å². The summed E-state index contributed by atoms with van der Waals surface area (Å²) in [6.45, 7) is -0.743. The Bertz CT molecular complexity index is 443. The summed E-state index contributed by atoms with van der Waals surface area (Å²) >= 11 is 0. The quantitative estimate of drug-likeness (QED) is 0.337. The molecule has 1 aromatic rings. The van der Waals surface area contributed by atoms with Crippen molar-refractivity contribution in [2.75, 3.05) is 6.61 Å². The van der Waals surface area contributed by atoms with Crippen LogP contribution in [0.25, 0.3) is 0 Å². The first-order valence-corrected chi connectivity index (χ1v) is 5.60. The molecule has 5 nitrogen and oxygen atoms in total. The Morgan fingerprint density at radius 2 is 1.80 bits per heavy atom. The molecule has 1 aromatic carbocycles. The number of aliphatic hydroxyl groups is 3. The van der Waals surface area contributed by atoms with Crippen LogP contribution in [0.1, 0.15) is 0 Å². The van der Waals surface area contributed by atoms with Crippen LogP contribution >= 0.6 is 0 Å². The van der Waals surface area contributed by atoms with Crippen LogP contribution in [0.3, 0.4) is 0 Å². The van der Waals surface area contributed by atoms with Gasteiger partial charge in [-0.15, -0.1) is 0 Å². The van der Waals surface area contributed by atoms with Crippen LogP contribution in [0.4, 0.5) is 0 Å². The molecule has 0 bridgehead atoms. The van der Waals surface area contributed by atoms with E-state index in [1.807, 2.05) is 30.3 Å². The number of aliphatic hydroxyl groups excluding tert-OH is 3. The maximum absolute atomic E-state index is 10.9. The summed E-state index contributed by atoms with van der Waals surface area (Å²) in [5.74, 6) is -1.68. The molecule has 1 aliphatic rings. The predicted molar refractivity (Wildman–Crippen MR) is 69.2 cm³/mol. The van der Waals surface area contributed by atoms with Crippen molar-refractivity contribution in [2.45, 2.75) is 6.10 Å². The van der Waals surface area contributed by atoms with Crippen LogP contribution in [0.5, 0.6) is 0 Å². The zero-order chi connectivity index (χ0) is 14.1. The van der Waals surface area contributed by atoms with E-state index in [1.165, 1.54) is 12.2 Å². The van der Waals surface area contributed by atoms with Crippen LogP contribution in [0, 0.1) is 0 Å². The molecule has 20 heavy (non-hydrogen) atoms. The van der Waals surface area contributed by atoms with Crippen molar-refractivity contribution in [3.63, 3.8) is 0 Å². The third kappa shape index (κ3) is 6.45. The molecule has 0 saturated carbocycles. The van der Waals surface area contributed by atoms with Crippen molar-refractivity contribution in [2.24, 2.45) is 0 Å². The molecule has 110 valence electrons. The molecule has 0 aromatic heterocycles. The van der Waals surface area contributed by atoms with Crippen LogP contribution in [-0.2, 0) is 26.6 Å². The van der Waals surface area contributed by atoms with E-state index in [1.54, 1.807) is 12.2 Å². The fourth-order valence-corrected chi connectivity index (χ4v) is 1.13. The van der Waals surface area contributed by atoms with Crippen molar-refractivity contribution in [1.82, 2.24) is 0 Å². The Labute approximate surface area is 127 Å². The number of allylic oxidation sites excluding steroid dienone is 5. The first-order chi connectivity index (χ1) is 9.15. The fourth-order valence-electron chi connectivity index (χ4n) is 1.13. The van der Waals surface area contributed by atoms with Gasteiger partial charge in [-0.2, -0.15) is 18.2 Å². The topological polar surface area (TPSA) is 87.0 Å². The molecule has 0 saturated heterocycles. The maximum atomic E-state index is 10.9. The summed E-state index contributed by atoms with van der Waals surface area (Å²) in [6, 6.07) is 10.0. The van der Waals surface area contributed by atoms with Gasteiger partial charge in [0.1, 0.15) is 0 Å². The molecule has 0 aliphatic heterocycles. The van der Waals surface area contributed by atoms with E-state index in [-0.39, 0.29) is 17.1 Å². The third-order valence-corrected chi connectivity index (χ3v) is 2.11. The van der Waals surface area contributed by atoms with Gasteiger partial charge in [-0.1, -0.05) is 12.2 Å². The first-order valence-electron chi connectivity index (χ1n) is 5.60. The van der Waals surface area contributed by atoms with E-state index in [0.717, 1.165) is 0 Å². The van der Waals surface area contributed by atoms with Crippen LogP contribution < -0.4 is 0 Å². The second-order valence-electron chi connectivity index (χ2n) is 3.56. The second-order valence-corrected chi connectivity index (χ2v) is 3.56. The van der Waals surface area contributed by atoms with Gasteiger partial charge in [0.2, 0.25) is 0 Å². The first kappa shape index (κ1) is 18.3. The van der Waals surface area contributed by atoms with E-state index in [9.17, 15) is 9.90 Å². The molecule has 1 unspecified atom stereocenters. The minimum Gasteiger partial charge on any atom is -0.480 e. The van der Waals surface area contributed by atoms with Gasteiger partial charge in [0.15, 0.2) is 6.10 Å². The normalized spacial score (nSPS) is 13.0. The maximum Gasteiger partial charge on any atom is 0.345 e. The standard InChI is InChI=1S/C9H10O5.C5H5.Fe/c10-5-7(11)9(13)14-8(12)6-3-1-2-4-6;1-2-4-5-3-1;/h1-4,7,10-12H,5H2;1-5H;/q;-1;. The van der Waals surface area contributed by atoms with Gasteiger partial charge < -0.3 is 20.1 Å². The summed E-state index contributed by atoms with van der Waals surface area (Å²) in [4.78, 5) is 10.9. The van der Waals surface area contributed by atoms with Crippen molar-refractivity contribution in [3.8, 4) is 0 Å². The molecular formula is C14H15FeO5-. The zero-order valence-corrected chi connectivity index (χ0v) is 11.6. The van der Waals surface area contributed by atoms with Gasteiger partial charge >= 0.3 is 5.97 Å². The summed E-state index contributed by atoms with van der Waals surface area (Å²) in [5.41, 5.74) is 0.337. The Hall–Kier alpha value is -1.72. The van der Waals surface area contributed by atoms with Gasteiger partial charge in [-0.25, -0.2) is 16.9 Å². The van der Waals surface area contributed by atoms with Crippen molar-refractivity contribution in [1.29, 1.82) is 0 Å². The molecule has 1 aliphatic carbocycles. The molecule has 0 radical (unpaired) electrons. The Kier molecular flexibility index (Phi) is 9.24. The van der Waals surface area contributed by atoms with E-state index in [0.29, 0.717) is 5.57 Å². The average Bonchev–Trinajstić information content (AvgIpc) is 3.11. The summed E-state index contributed by atoms with van der Waals surface area (Å²) in [6.07, 6.45) is 4.75. The molecule has 0 fully saturated rings. The van der Waals surface area contributed by atoms with Gasteiger partial charge in [-0.3, -0.25) is 0 Å².